The molecule has 4 N–H and O–H groups in total. The predicted molar refractivity (Wildman–Crippen MR) is 158 cm³/mol. The highest BCUT2D eigenvalue weighted by atomic mass is 32.1. The van der Waals surface area contributed by atoms with Gasteiger partial charge in [0.05, 0.1) is 33.9 Å². The van der Waals surface area contributed by atoms with Gasteiger partial charge in [-0.25, -0.2) is 9.78 Å². The topological polar surface area (TPSA) is 127 Å². The van der Waals surface area contributed by atoms with Gasteiger partial charge in [-0.05, 0) is 55.3 Å². The lowest BCUT2D eigenvalue weighted by Crippen LogP contribution is -2.37. The SMILES string of the molecule is Cc1cc(Oc2ccccc2)ccc1N1C(=O)Nc2c(C(O)N[C@@H]3CCN(C(=O)/C=C/CO)C3)sc3nccc1c23. The van der Waals surface area contributed by atoms with Gasteiger partial charge in [-0.1, -0.05) is 24.3 Å². The summed E-state index contributed by atoms with van der Waals surface area (Å²) in [4.78, 5) is 34.9. The molecular formula is C30H29N5O5S. The number of ether oxygens (including phenoxy) is 1. The van der Waals surface area contributed by atoms with Crippen molar-refractivity contribution < 1.29 is 24.5 Å². The molecule has 2 aromatic carbocycles. The van der Waals surface area contributed by atoms with E-state index in [9.17, 15) is 14.7 Å². The van der Waals surface area contributed by atoms with E-state index in [4.69, 9.17) is 9.84 Å². The van der Waals surface area contributed by atoms with Crippen molar-refractivity contribution in [2.24, 2.45) is 0 Å². The number of likely N-dealkylation sites (tertiary alicyclic amines) is 1. The number of carbonyl (C=O) groups is 2. The zero-order valence-electron chi connectivity index (χ0n) is 22.3. The van der Waals surface area contributed by atoms with Crippen LogP contribution in [-0.4, -0.2) is 57.8 Å². The number of nitrogens with one attached hydrogen (secondary N) is 2. The number of aromatic nitrogens is 1. The lowest BCUT2D eigenvalue weighted by Gasteiger charge is -2.30. The fourth-order valence-corrected chi connectivity index (χ4v) is 6.32. The lowest BCUT2D eigenvalue weighted by atomic mass is 10.1. The van der Waals surface area contributed by atoms with Crippen molar-refractivity contribution in [1.29, 1.82) is 0 Å². The maximum absolute atomic E-state index is 13.5. The molecule has 0 spiro atoms. The van der Waals surface area contributed by atoms with E-state index < -0.39 is 6.23 Å². The van der Waals surface area contributed by atoms with E-state index in [2.05, 4.69) is 15.6 Å². The zero-order chi connectivity index (χ0) is 28.5. The minimum absolute atomic E-state index is 0.128. The minimum Gasteiger partial charge on any atom is -0.457 e. The third-order valence-electron chi connectivity index (χ3n) is 7.17. The summed E-state index contributed by atoms with van der Waals surface area (Å²) in [6.45, 7) is 2.71. The molecule has 2 aliphatic rings. The molecule has 6 rings (SSSR count). The smallest absolute Gasteiger partial charge is 0.331 e. The molecule has 0 radical (unpaired) electrons. The van der Waals surface area contributed by atoms with Crippen molar-refractivity contribution in [2.45, 2.75) is 25.6 Å². The first-order valence-corrected chi connectivity index (χ1v) is 14.1. The number of hydrogen-bond acceptors (Lipinski definition) is 8. The highest BCUT2D eigenvalue weighted by molar-refractivity contribution is 7.19. The van der Waals surface area contributed by atoms with Crippen LogP contribution in [0.1, 0.15) is 23.1 Å². The number of hydrogen-bond donors (Lipinski definition) is 4. The molecule has 11 heteroatoms. The Labute approximate surface area is 240 Å². The number of rotatable bonds is 8. The molecule has 2 atom stereocenters. The van der Waals surface area contributed by atoms with Crippen LogP contribution < -0.4 is 20.3 Å². The Bertz CT molecular complexity index is 1640. The first-order valence-electron chi connectivity index (χ1n) is 13.3. The summed E-state index contributed by atoms with van der Waals surface area (Å²) in [7, 11) is 0. The Balaban J connectivity index is 1.25. The third kappa shape index (κ3) is 5.27. The number of carbonyl (C=O) groups excluding carboxylic acids is 2. The van der Waals surface area contributed by atoms with E-state index in [1.54, 1.807) is 22.1 Å². The van der Waals surface area contributed by atoms with Gasteiger partial charge in [-0.15, -0.1) is 11.3 Å². The van der Waals surface area contributed by atoms with Gasteiger partial charge in [-0.3, -0.25) is 15.0 Å². The number of pyridine rings is 1. The summed E-state index contributed by atoms with van der Waals surface area (Å²) < 4.78 is 5.97. The van der Waals surface area contributed by atoms with Gasteiger partial charge < -0.3 is 25.2 Å². The zero-order valence-corrected chi connectivity index (χ0v) is 23.1. The first kappa shape index (κ1) is 26.9. The maximum atomic E-state index is 13.5. The van der Waals surface area contributed by atoms with Crippen molar-refractivity contribution in [1.82, 2.24) is 15.2 Å². The minimum atomic E-state index is -1.06. The highest BCUT2D eigenvalue weighted by Gasteiger charge is 2.34. The highest BCUT2D eigenvalue weighted by Crippen LogP contribution is 2.48. The van der Waals surface area contributed by atoms with Crippen molar-refractivity contribution in [2.75, 3.05) is 29.9 Å². The Morgan fingerprint density at radius 2 is 2.05 bits per heavy atom. The van der Waals surface area contributed by atoms with E-state index in [1.807, 2.05) is 55.5 Å². The molecule has 0 saturated carbocycles. The number of amides is 3. The normalized spacial score (nSPS) is 17.3. The molecule has 2 aliphatic heterocycles. The standard InChI is InChI=1S/C30H29N5O5S/c1-18-16-21(40-20-6-3-2-4-7-20)9-10-22(18)35-23-11-13-31-29-25(23)26(33-30(35)39)27(41-29)28(38)32-19-12-14-34(17-19)24(37)8-5-15-36/h2-11,13,16,19,28,32,36,38H,12,14-15,17H2,1H3,(H,33,39)/b8-5+/t19-,28?/m1/s1. The second-order valence-corrected chi connectivity index (χ2v) is 10.9. The number of para-hydroxylation sites is 1. The van der Waals surface area contributed by atoms with Crippen LogP contribution in [0, 0.1) is 6.92 Å². The van der Waals surface area contributed by atoms with Gasteiger partial charge in [-0.2, -0.15) is 0 Å². The van der Waals surface area contributed by atoms with E-state index in [1.165, 1.54) is 23.5 Å². The molecule has 4 heterocycles. The van der Waals surface area contributed by atoms with Crippen LogP contribution >= 0.6 is 11.3 Å². The molecule has 1 unspecified atom stereocenters. The maximum Gasteiger partial charge on any atom is 0.331 e. The summed E-state index contributed by atoms with van der Waals surface area (Å²) in [5, 5.41) is 27.0. The predicted octanol–water partition coefficient (Wildman–Crippen LogP) is 4.81. The van der Waals surface area contributed by atoms with E-state index in [0.717, 1.165) is 16.7 Å². The molecule has 10 nitrogen and oxygen atoms in total. The van der Waals surface area contributed by atoms with Crippen LogP contribution in [0.25, 0.3) is 10.2 Å². The number of benzene rings is 2. The number of thiophene rings is 1. The monoisotopic (exact) mass is 571 g/mol. The largest absolute Gasteiger partial charge is 0.457 e. The van der Waals surface area contributed by atoms with Gasteiger partial charge in [0.2, 0.25) is 5.91 Å². The van der Waals surface area contributed by atoms with E-state index in [-0.39, 0.29) is 24.6 Å². The van der Waals surface area contributed by atoms with Crippen molar-refractivity contribution in [3.8, 4) is 11.5 Å². The van der Waals surface area contributed by atoms with Gasteiger partial charge in [0.1, 0.15) is 22.6 Å². The molecule has 3 amide bonds. The van der Waals surface area contributed by atoms with Crippen molar-refractivity contribution in [3.05, 3.63) is 83.4 Å². The molecule has 210 valence electrons. The molecule has 1 saturated heterocycles. The summed E-state index contributed by atoms with van der Waals surface area (Å²) >= 11 is 1.31. The third-order valence-corrected chi connectivity index (χ3v) is 8.32. The van der Waals surface area contributed by atoms with Crippen LogP contribution in [-0.2, 0) is 4.79 Å². The van der Waals surface area contributed by atoms with Gasteiger partial charge in [0.25, 0.3) is 0 Å². The molecule has 4 aromatic rings. The van der Waals surface area contributed by atoms with Crippen LogP contribution in [0.5, 0.6) is 11.5 Å². The van der Waals surface area contributed by atoms with E-state index >= 15 is 0 Å². The molecule has 2 aromatic heterocycles. The summed E-state index contributed by atoms with van der Waals surface area (Å²) in [5.41, 5.74) is 2.77. The first-order chi connectivity index (χ1) is 19.9. The van der Waals surface area contributed by atoms with Gasteiger partial charge >= 0.3 is 6.03 Å². The average Bonchev–Trinajstić information content (AvgIpc) is 3.59. The Morgan fingerprint density at radius 1 is 1.22 bits per heavy atom. The average molecular weight is 572 g/mol. The summed E-state index contributed by atoms with van der Waals surface area (Å²) in [5.74, 6) is 1.22. The Kier molecular flexibility index (Phi) is 7.41. The number of urea groups is 1. The van der Waals surface area contributed by atoms with Crippen molar-refractivity contribution >= 4 is 50.6 Å². The number of aliphatic hydroxyl groups is 2. The number of nitrogens with zero attached hydrogens (tertiary/aromatic N) is 3. The summed E-state index contributed by atoms with van der Waals surface area (Å²) in [6.07, 6.45) is 4.03. The second-order valence-electron chi connectivity index (χ2n) is 9.90. The Morgan fingerprint density at radius 3 is 2.83 bits per heavy atom. The van der Waals surface area contributed by atoms with E-state index in [0.29, 0.717) is 52.0 Å². The molecule has 1 fully saturated rings. The van der Waals surface area contributed by atoms with Crippen LogP contribution in [0.15, 0.2) is 72.9 Å². The van der Waals surface area contributed by atoms with Crippen LogP contribution in [0.3, 0.4) is 0 Å². The van der Waals surface area contributed by atoms with Gasteiger partial charge in [0, 0.05) is 31.4 Å². The molecule has 0 bridgehead atoms. The van der Waals surface area contributed by atoms with Crippen molar-refractivity contribution in [3.63, 3.8) is 0 Å². The fourth-order valence-electron chi connectivity index (χ4n) is 5.26. The number of aliphatic hydroxyl groups excluding tert-OH is 2. The number of aryl methyl sites for hydroxylation is 1. The van der Waals surface area contributed by atoms with Gasteiger partial charge in [0.15, 0.2) is 0 Å². The molecular weight excluding hydrogens is 542 g/mol. The van der Waals surface area contributed by atoms with Crippen LogP contribution in [0.4, 0.5) is 21.9 Å². The van der Waals surface area contributed by atoms with Crippen LogP contribution in [0.2, 0.25) is 0 Å². The molecule has 41 heavy (non-hydrogen) atoms. The number of anilines is 3. The lowest BCUT2D eigenvalue weighted by molar-refractivity contribution is -0.125. The Hall–Kier alpha value is -4.29. The fraction of sp³-hybridized carbons (Fsp3) is 0.233. The second kappa shape index (κ2) is 11.3. The summed E-state index contributed by atoms with van der Waals surface area (Å²) in [6, 6.07) is 16.4. The molecule has 0 aliphatic carbocycles. The quantitative estimate of drug-likeness (QED) is 0.177.